The predicted molar refractivity (Wildman–Crippen MR) is 80.2 cm³/mol. The van der Waals surface area contributed by atoms with Crippen molar-refractivity contribution in [1.82, 2.24) is 4.98 Å². The third-order valence-corrected chi connectivity index (χ3v) is 3.73. The summed E-state index contributed by atoms with van der Waals surface area (Å²) in [5, 5.41) is 8.50. The normalized spacial score (nSPS) is 12.4. The van der Waals surface area contributed by atoms with Gasteiger partial charge in [-0.1, -0.05) is 0 Å². The average molecular weight is 397 g/mol. The van der Waals surface area contributed by atoms with Gasteiger partial charge < -0.3 is 14.8 Å². The van der Waals surface area contributed by atoms with Gasteiger partial charge in [0, 0.05) is 17.3 Å². The van der Waals surface area contributed by atoms with Gasteiger partial charge in [0.05, 0.1) is 17.7 Å². The lowest BCUT2D eigenvalue weighted by Crippen LogP contribution is -2.12. The van der Waals surface area contributed by atoms with Gasteiger partial charge in [-0.3, -0.25) is 4.79 Å². The molecule has 0 atom stereocenters. The summed E-state index contributed by atoms with van der Waals surface area (Å²) in [7, 11) is 0. The molecule has 1 aromatic heterocycles. The van der Waals surface area contributed by atoms with E-state index < -0.39 is 70.4 Å². The minimum absolute atomic E-state index is 0.0151. The summed E-state index contributed by atoms with van der Waals surface area (Å²) in [4.78, 5) is 24.9. The van der Waals surface area contributed by atoms with Gasteiger partial charge in [-0.25, -0.2) is 4.79 Å². The number of esters is 1. The molecule has 0 aliphatic heterocycles. The number of alkyl halides is 6. The SMILES string of the molecule is CCOC(=O)CCc1c(C(=O)O)[nH]c2cc(C(F)(F)F)cc(C(F)(F)F)c12. The number of aryl methyl sites for hydroxylation is 1. The summed E-state index contributed by atoms with van der Waals surface area (Å²) in [5.41, 5.74) is -4.95. The highest BCUT2D eigenvalue weighted by molar-refractivity contribution is 5.99. The molecular weight excluding hydrogens is 384 g/mol. The van der Waals surface area contributed by atoms with E-state index in [1.54, 1.807) is 0 Å². The van der Waals surface area contributed by atoms with Crippen molar-refractivity contribution in [2.24, 2.45) is 0 Å². The first-order chi connectivity index (χ1) is 12.4. The second kappa shape index (κ2) is 7.12. The van der Waals surface area contributed by atoms with Crippen LogP contribution < -0.4 is 0 Å². The Hall–Kier alpha value is -2.72. The van der Waals surface area contributed by atoms with Gasteiger partial charge in [-0.15, -0.1) is 0 Å². The number of nitrogens with one attached hydrogen (secondary N) is 1. The lowest BCUT2D eigenvalue weighted by atomic mass is 9.98. The van der Waals surface area contributed by atoms with E-state index in [0.29, 0.717) is 6.07 Å². The summed E-state index contributed by atoms with van der Waals surface area (Å²) in [6, 6.07) is 0.334. The molecule has 11 heteroatoms. The molecular formula is C16H13F6NO4. The fourth-order valence-electron chi connectivity index (χ4n) is 2.68. The van der Waals surface area contributed by atoms with Crippen molar-refractivity contribution >= 4 is 22.8 Å². The second-order valence-electron chi connectivity index (χ2n) is 5.53. The number of hydrogen-bond donors (Lipinski definition) is 2. The molecule has 0 aliphatic carbocycles. The molecule has 0 saturated carbocycles. The molecule has 0 bridgehead atoms. The third-order valence-electron chi connectivity index (χ3n) is 3.73. The van der Waals surface area contributed by atoms with E-state index in [-0.39, 0.29) is 12.7 Å². The second-order valence-corrected chi connectivity index (χ2v) is 5.53. The minimum atomic E-state index is -5.17. The number of H-pyrrole nitrogens is 1. The van der Waals surface area contributed by atoms with E-state index in [0.717, 1.165) is 0 Å². The predicted octanol–water partition coefficient (Wildman–Crippen LogP) is 4.40. The first-order valence-corrected chi connectivity index (χ1v) is 7.58. The molecule has 0 amide bonds. The van der Waals surface area contributed by atoms with Crippen LogP contribution in [0.3, 0.4) is 0 Å². The summed E-state index contributed by atoms with van der Waals surface area (Å²) in [6.45, 7) is 1.52. The van der Waals surface area contributed by atoms with E-state index in [1.807, 2.05) is 0 Å². The molecule has 1 aromatic carbocycles. The summed E-state index contributed by atoms with van der Waals surface area (Å²) < 4.78 is 83.6. The molecule has 2 aromatic rings. The maximum absolute atomic E-state index is 13.4. The first kappa shape index (κ1) is 20.6. The molecule has 2 N–H and O–H groups in total. The molecule has 0 saturated heterocycles. The van der Waals surface area contributed by atoms with Gasteiger partial charge >= 0.3 is 24.3 Å². The van der Waals surface area contributed by atoms with E-state index in [4.69, 9.17) is 0 Å². The summed E-state index contributed by atoms with van der Waals surface area (Å²) in [6.07, 6.45) is -11.1. The topological polar surface area (TPSA) is 79.4 Å². The number of carbonyl (C=O) groups excluding carboxylic acids is 1. The Kier molecular flexibility index (Phi) is 5.43. The number of rotatable bonds is 5. The van der Waals surface area contributed by atoms with Crippen molar-refractivity contribution in [2.75, 3.05) is 6.61 Å². The van der Waals surface area contributed by atoms with Crippen LogP contribution in [0, 0.1) is 0 Å². The maximum atomic E-state index is 13.4. The summed E-state index contributed by atoms with van der Waals surface area (Å²) >= 11 is 0. The number of aromatic carboxylic acids is 1. The Bertz CT molecular complexity index is 882. The van der Waals surface area contributed by atoms with Gasteiger partial charge in [0.1, 0.15) is 5.69 Å². The first-order valence-electron chi connectivity index (χ1n) is 7.58. The quantitative estimate of drug-likeness (QED) is 0.579. The molecule has 0 radical (unpaired) electrons. The molecule has 2 rings (SSSR count). The smallest absolute Gasteiger partial charge is 0.417 e. The van der Waals surface area contributed by atoms with Crippen LogP contribution in [0.4, 0.5) is 26.3 Å². The van der Waals surface area contributed by atoms with Crippen molar-refractivity contribution in [3.05, 3.63) is 34.5 Å². The van der Waals surface area contributed by atoms with Crippen LogP contribution >= 0.6 is 0 Å². The Labute approximate surface area is 147 Å². The number of hydrogen-bond acceptors (Lipinski definition) is 3. The zero-order valence-corrected chi connectivity index (χ0v) is 13.7. The maximum Gasteiger partial charge on any atom is 0.417 e. The van der Waals surface area contributed by atoms with Gasteiger partial charge in [0.15, 0.2) is 0 Å². The highest BCUT2D eigenvalue weighted by Gasteiger charge is 2.40. The number of benzene rings is 1. The highest BCUT2D eigenvalue weighted by atomic mass is 19.4. The van der Waals surface area contributed by atoms with Crippen LogP contribution in [-0.2, 0) is 28.3 Å². The third kappa shape index (κ3) is 4.34. The average Bonchev–Trinajstić information content (AvgIpc) is 2.89. The van der Waals surface area contributed by atoms with Crippen molar-refractivity contribution < 1.29 is 45.8 Å². The lowest BCUT2D eigenvalue weighted by molar-refractivity contribution is -0.143. The number of fused-ring (bicyclic) bond motifs is 1. The van der Waals surface area contributed by atoms with Crippen LogP contribution in [0.1, 0.15) is 40.5 Å². The van der Waals surface area contributed by atoms with Crippen LogP contribution in [0.25, 0.3) is 10.9 Å². The van der Waals surface area contributed by atoms with Crippen LogP contribution in [0.5, 0.6) is 0 Å². The van der Waals surface area contributed by atoms with E-state index in [9.17, 15) is 41.0 Å². The Balaban J connectivity index is 2.74. The number of carbonyl (C=O) groups is 2. The van der Waals surface area contributed by atoms with E-state index in [2.05, 4.69) is 9.72 Å². The number of aromatic amines is 1. The lowest BCUT2D eigenvalue weighted by Gasteiger charge is -2.14. The fraction of sp³-hybridized carbons (Fsp3) is 0.375. The Morgan fingerprint density at radius 1 is 1.11 bits per heavy atom. The monoisotopic (exact) mass is 397 g/mol. The van der Waals surface area contributed by atoms with Gasteiger partial charge in [0.2, 0.25) is 0 Å². The zero-order valence-electron chi connectivity index (χ0n) is 13.7. The molecule has 148 valence electrons. The number of carboxylic acid groups (broad SMARTS) is 1. The van der Waals surface area contributed by atoms with Gasteiger partial charge in [-0.05, 0) is 31.0 Å². The van der Waals surface area contributed by atoms with Crippen LogP contribution in [0.2, 0.25) is 0 Å². The number of aromatic nitrogens is 1. The minimum Gasteiger partial charge on any atom is -0.477 e. The molecule has 0 spiro atoms. The number of carboxylic acids is 1. The molecule has 0 fully saturated rings. The van der Waals surface area contributed by atoms with Crippen LogP contribution in [-0.4, -0.2) is 28.6 Å². The standard InChI is InChI=1S/C16H13F6NO4/c1-2-27-11(24)4-3-8-12-9(16(20,21)22)5-7(15(17,18)19)6-10(12)23-13(8)14(25)26/h5-6,23H,2-4H2,1H3,(H,25,26). The van der Waals surface area contributed by atoms with Gasteiger partial charge in [0.25, 0.3) is 0 Å². The Morgan fingerprint density at radius 2 is 1.74 bits per heavy atom. The van der Waals surface area contributed by atoms with E-state index >= 15 is 0 Å². The number of ether oxygens (including phenoxy) is 1. The van der Waals surface area contributed by atoms with Crippen molar-refractivity contribution in [3.8, 4) is 0 Å². The summed E-state index contributed by atoms with van der Waals surface area (Å²) in [5.74, 6) is -2.43. The molecule has 27 heavy (non-hydrogen) atoms. The molecule has 0 unspecified atom stereocenters. The van der Waals surface area contributed by atoms with Crippen molar-refractivity contribution in [2.45, 2.75) is 32.1 Å². The molecule has 1 heterocycles. The fourth-order valence-corrected chi connectivity index (χ4v) is 2.68. The highest BCUT2D eigenvalue weighted by Crippen LogP contribution is 2.42. The zero-order chi connectivity index (χ0) is 20.6. The van der Waals surface area contributed by atoms with Crippen molar-refractivity contribution in [3.63, 3.8) is 0 Å². The molecule has 5 nitrogen and oxygen atoms in total. The Morgan fingerprint density at radius 3 is 2.22 bits per heavy atom. The van der Waals surface area contributed by atoms with Crippen molar-refractivity contribution in [1.29, 1.82) is 0 Å². The molecule has 0 aliphatic rings. The largest absolute Gasteiger partial charge is 0.477 e. The number of halogens is 6. The van der Waals surface area contributed by atoms with Gasteiger partial charge in [-0.2, -0.15) is 26.3 Å². The van der Waals surface area contributed by atoms with Crippen LogP contribution in [0.15, 0.2) is 12.1 Å². The van der Waals surface area contributed by atoms with E-state index in [1.165, 1.54) is 6.92 Å².